The van der Waals surface area contributed by atoms with Gasteiger partial charge in [-0.05, 0) is 72.7 Å². The van der Waals surface area contributed by atoms with Crippen molar-refractivity contribution in [2.24, 2.45) is 0 Å². The molecular weight excluding hydrogens is 354 g/mol. The van der Waals surface area contributed by atoms with Crippen molar-refractivity contribution >= 4 is 23.2 Å². The van der Waals surface area contributed by atoms with E-state index in [9.17, 15) is 4.79 Å². The van der Waals surface area contributed by atoms with Crippen LogP contribution < -0.4 is 10.1 Å². The number of carbonyl (C=O) groups excluding carboxylic acids is 1. The van der Waals surface area contributed by atoms with Crippen LogP contribution in [0.1, 0.15) is 18.1 Å². The zero-order chi connectivity index (χ0) is 18.7. The molecule has 134 valence electrons. The smallest absolute Gasteiger partial charge is 0.265 e. The Morgan fingerprint density at radius 1 is 1.19 bits per heavy atom. The molecule has 1 atom stereocenters. The lowest BCUT2D eigenvalue weighted by atomic mass is 10.1. The van der Waals surface area contributed by atoms with E-state index in [1.165, 1.54) is 11.0 Å². The third-order valence-electron chi connectivity index (χ3n) is 3.90. The molecule has 0 saturated heterocycles. The Bertz CT molecular complexity index is 927. The van der Waals surface area contributed by atoms with Gasteiger partial charge in [-0.15, -0.1) is 5.10 Å². The molecule has 0 bridgehead atoms. The van der Waals surface area contributed by atoms with Crippen molar-refractivity contribution < 1.29 is 9.53 Å². The second-order valence-corrected chi connectivity index (χ2v) is 6.35. The van der Waals surface area contributed by atoms with Crippen LogP contribution in [0.3, 0.4) is 0 Å². The van der Waals surface area contributed by atoms with Gasteiger partial charge in [0.25, 0.3) is 5.91 Å². The second-order valence-electron chi connectivity index (χ2n) is 5.91. The lowest BCUT2D eigenvalue weighted by molar-refractivity contribution is -0.122. The predicted molar refractivity (Wildman–Crippen MR) is 98.8 cm³/mol. The van der Waals surface area contributed by atoms with Crippen molar-refractivity contribution in [2.75, 3.05) is 5.32 Å². The van der Waals surface area contributed by atoms with Gasteiger partial charge in [-0.25, -0.2) is 4.68 Å². The van der Waals surface area contributed by atoms with Gasteiger partial charge in [-0.2, -0.15) is 0 Å². The molecule has 0 aliphatic rings. The van der Waals surface area contributed by atoms with E-state index in [1.54, 1.807) is 25.1 Å². The molecule has 3 rings (SSSR count). The molecule has 0 fully saturated rings. The average Bonchev–Trinajstić information content (AvgIpc) is 3.13. The molecule has 1 aromatic heterocycles. The minimum Gasteiger partial charge on any atom is -0.481 e. The maximum absolute atomic E-state index is 12.5. The highest BCUT2D eigenvalue weighted by Gasteiger charge is 2.17. The molecule has 7 nitrogen and oxygen atoms in total. The molecule has 0 spiro atoms. The molecule has 0 aliphatic carbocycles. The average molecular weight is 372 g/mol. The Labute approximate surface area is 155 Å². The predicted octanol–water partition coefficient (Wildman–Crippen LogP) is 3.34. The maximum atomic E-state index is 12.5. The van der Waals surface area contributed by atoms with E-state index in [0.717, 1.165) is 16.8 Å². The molecular formula is C18H18ClN5O2. The number of carbonyl (C=O) groups is 1. The molecule has 3 aromatic rings. The second kappa shape index (κ2) is 7.53. The number of nitrogens with one attached hydrogen (secondary N) is 1. The van der Waals surface area contributed by atoms with E-state index in [-0.39, 0.29) is 5.91 Å². The molecule has 8 heteroatoms. The van der Waals surface area contributed by atoms with Gasteiger partial charge in [0, 0.05) is 10.7 Å². The standard InChI is InChI=1S/C18H18ClN5O2/c1-11-4-6-15(24-10-20-22-23-24)9-16(11)21-18(25)13(3)26-17-7-5-14(19)8-12(17)2/h4-10,13H,1-3H3,(H,21,25). The number of tetrazole rings is 1. The van der Waals surface area contributed by atoms with Crippen LogP contribution in [0.15, 0.2) is 42.7 Å². The minimum absolute atomic E-state index is 0.253. The Kier molecular flexibility index (Phi) is 5.18. The van der Waals surface area contributed by atoms with Gasteiger partial charge in [0.15, 0.2) is 6.10 Å². The summed E-state index contributed by atoms with van der Waals surface area (Å²) < 4.78 is 7.29. The highest BCUT2D eigenvalue weighted by atomic mass is 35.5. The van der Waals surface area contributed by atoms with E-state index in [4.69, 9.17) is 16.3 Å². The quantitative estimate of drug-likeness (QED) is 0.743. The summed E-state index contributed by atoms with van der Waals surface area (Å²) in [6.45, 7) is 5.49. The Morgan fingerprint density at radius 2 is 2.00 bits per heavy atom. The largest absolute Gasteiger partial charge is 0.481 e. The topological polar surface area (TPSA) is 81.9 Å². The lowest BCUT2D eigenvalue weighted by Gasteiger charge is -2.17. The third kappa shape index (κ3) is 4.00. The summed E-state index contributed by atoms with van der Waals surface area (Å²) in [4.78, 5) is 12.5. The van der Waals surface area contributed by atoms with Gasteiger partial charge in [0.05, 0.1) is 5.69 Å². The van der Waals surface area contributed by atoms with Crippen LogP contribution in [0, 0.1) is 13.8 Å². The van der Waals surface area contributed by atoms with Crippen LogP contribution in [0.25, 0.3) is 5.69 Å². The summed E-state index contributed by atoms with van der Waals surface area (Å²) in [6, 6.07) is 10.9. The number of nitrogens with zero attached hydrogens (tertiary/aromatic N) is 4. The fraction of sp³-hybridized carbons (Fsp3) is 0.222. The van der Waals surface area contributed by atoms with Gasteiger partial charge in [-0.3, -0.25) is 4.79 Å². The van der Waals surface area contributed by atoms with Gasteiger partial charge in [0.1, 0.15) is 12.1 Å². The molecule has 26 heavy (non-hydrogen) atoms. The lowest BCUT2D eigenvalue weighted by Crippen LogP contribution is -2.30. The molecule has 1 unspecified atom stereocenters. The highest BCUT2D eigenvalue weighted by molar-refractivity contribution is 6.30. The van der Waals surface area contributed by atoms with Crippen LogP contribution >= 0.6 is 11.6 Å². The SMILES string of the molecule is Cc1ccc(-n2cnnn2)cc1NC(=O)C(C)Oc1ccc(Cl)cc1C. The van der Waals surface area contributed by atoms with Crippen molar-refractivity contribution in [3.63, 3.8) is 0 Å². The highest BCUT2D eigenvalue weighted by Crippen LogP contribution is 2.24. The third-order valence-corrected chi connectivity index (χ3v) is 4.14. The molecule has 0 radical (unpaired) electrons. The minimum atomic E-state index is -0.675. The van der Waals surface area contributed by atoms with Crippen molar-refractivity contribution in [1.82, 2.24) is 20.2 Å². The van der Waals surface area contributed by atoms with E-state index in [0.29, 0.717) is 16.5 Å². The van der Waals surface area contributed by atoms with E-state index >= 15 is 0 Å². The number of benzene rings is 2. The first-order chi connectivity index (χ1) is 12.4. The first kappa shape index (κ1) is 17.9. The maximum Gasteiger partial charge on any atom is 0.265 e. The van der Waals surface area contributed by atoms with Crippen molar-refractivity contribution in [2.45, 2.75) is 26.9 Å². The van der Waals surface area contributed by atoms with Crippen molar-refractivity contribution in [3.05, 3.63) is 58.9 Å². The molecule has 1 N–H and O–H groups in total. The monoisotopic (exact) mass is 371 g/mol. The molecule has 0 saturated carbocycles. The normalized spacial score (nSPS) is 11.8. The fourth-order valence-electron chi connectivity index (χ4n) is 2.39. The van der Waals surface area contributed by atoms with Gasteiger partial charge >= 0.3 is 0 Å². The Balaban J connectivity index is 1.73. The Morgan fingerprint density at radius 3 is 2.69 bits per heavy atom. The van der Waals surface area contributed by atoms with E-state index in [1.807, 2.05) is 32.0 Å². The van der Waals surface area contributed by atoms with Crippen LogP contribution in [-0.4, -0.2) is 32.2 Å². The van der Waals surface area contributed by atoms with Gasteiger partial charge in [-0.1, -0.05) is 17.7 Å². The number of hydrogen-bond donors (Lipinski definition) is 1. The summed E-state index contributed by atoms with van der Waals surface area (Å²) >= 11 is 5.95. The van der Waals surface area contributed by atoms with Crippen LogP contribution in [0.2, 0.25) is 5.02 Å². The molecule has 1 amide bonds. The molecule has 1 heterocycles. The summed E-state index contributed by atoms with van der Waals surface area (Å²) in [5.74, 6) is 0.368. The Hall–Kier alpha value is -2.93. The number of anilines is 1. The van der Waals surface area contributed by atoms with Gasteiger partial charge in [0.2, 0.25) is 0 Å². The number of aryl methyl sites for hydroxylation is 2. The zero-order valence-corrected chi connectivity index (χ0v) is 15.4. The first-order valence-corrected chi connectivity index (χ1v) is 8.39. The summed E-state index contributed by atoms with van der Waals surface area (Å²) in [7, 11) is 0. The number of ether oxygens (including phenoxy) is 1. The number of rotatable bonds is 5. The van der Waals surface area contributed by atoms with Crippen LogP contribution in [0.4, 0.5) is 5.69 Å². The van der Waals surface area contributed by atoms with Crippen LogP contribution in [0.5, 0.6) is 5.75 Å². The van der Waals surface area contributed by atoms with Gasteiger partial charge < -0.3 is 10.1 Å². The summed E-state index contributed by atoms with van der Waals surface area (Å²) in [5.41, 5.74) is 3.21. The first-order valence-electron chi connectivity index (χ1n) is 8.02. The number of hydrogen-bond acceptors (Lipinski definition) is 5. The fourth-order valence-corrected chi connectivity index (χ4v) is 2.62. The van der Waals surface area contributed by atoms with E-state index < -0.39 is 6.10 Å². The molecule has 2 aromatic carbocycles. The number of halogens is 1. The van der Waals surface area contributed by atoms with Crippen LogP contribution in [-0.2, 0) is 4.79 Å². The number of amides is 1. The van der Waals surface area contributed by atoms with E-state index in [2.05, 4.69) is 20.8 Å². The molecule has 0 aliphatic heterocycles. The summed E-state index contributed by atoms with van der Waals surface area (Å²) in [5, 5.41) is 14.6. The zero-order valence-electron chi connectivity index (χ0n) is 14.6. The summed E-state index contributed by atoms with van der Waals surface area (Å²) in [6.07, 6.45) is 0.816. The van der Waals surface area contributed by atoms with Crippen molar-refractivity contribution in [1.29, 1.82) is 0 Å². The number of aromatic nitrogens is 4. The van der Waals surface area contributed by atoms with Crippen molar-refractivity contribution in [3.8, 4) is 11.4 Å².